The van der Waals surface area contributed by atoms with Gasteiger partial charge in [-0.2, -0.15) is 0 Å². The molecule has 6 nitrogen and oxygen atoms in total. The zero-order valence-corrected chi connectivity index (χ0v) is 15.2. The van der Waals surface area contributed by atoms with Crippen molar-refractivity contribution in [3.63, 3.8) is 0 Å². The fourth-order valence-electron chi connectivity index (χ4n) is 3.17. The number of ketones is 1. The number of carbonyl (C=O) groups is 1. The summed E-state index contributed by atoms with van der Waals surface area (Å²) in [5.41, 5.74) is 2.42. The zero-order chi connectivity index (χ0) is 17.3. The Kier molecular flexibility index (Phi) is 4.78. The molecule has 0 saturated carbocycles. The molecule has 0 aliphatic carbocycles. The molecule has 2 aromatic heterocycles. The van der Waals surface area contributed by atoms with E-state index >= 15 is 0 Å². The second-order valence-corrected chi connectivity index (χ2v) is 9.13. The monoisotopic (exact) mass is 365 g/mol. The lowest BCUT2D eigenvalue weighted by Gasteiger charge is -2.16. The number of rotatable bonds is 5. The normalized spacial score (nSPS) is 19.5. The fraction of sp³-hybridized carbons (Fsp3) is 0.438. The lowest BCUT2D eigenvalue weighted by atomic mass is 10.2. The molecule has 1 aliphatic rings. The van der Waals surface area contributed by atoms with E-state index in [0.29, 0.717) is 17.1 Å². The number of hydrogen-bond donors (Lipinski definition) is 0. The molecule has 0 aromatic carbocycles. The zero-order valence-electron chi connectivity index (χ0n) is 13.6. The molecular formula is C16H19N3O3S2. The smallest absolute Gasteiger partial charge is 0.187 e. The minimum Gasteiger partial charge on any atom is -0.344 e. The third kappa shape index (κ3) is 3.54. The minimum absolute atomic E-state index is 0.00709. The molecule has 3 heterocycles. The first-order chi connectivity index (χ1) is 11.4. The molecule has 128 valence electrons. The van der Waals surface area contributed by atoms with E-state index in [2.05, 4.69) is 9.97 Å². The second-order valence-electron chi connectivity index (χ2n) is 5.95. The number of nitrogens with zero attached hydrogens (tertiary/aromatic N) is 3. The Bertz CT molecular complexity index is 860. The molecule has 1 saturated heterocycles. The largest absolute Gasteiger partial charge is 0.344 e. The van der Waals surface area contributed by atoms with E-state index in [1.165, 1.54) is 11.8 Å². The van der Waals surface area contributed by atoms with Crippen molar-refractivity contribution in [3.05, 3.63) is 41.5 Å². The summed E-state index contributed by atoms with van der Waals surface area (Å²) in [6.45, 7) is 3.80. The van der Waals surface area contributed by atoms with Crippen LogP contribution in [0.1, 0.15) is 34.2 Å². The van der Waals surface area contributed by atoms with Crippen LogP contribution >= 0.6 is 11.8 Å². The van der Waals surface area contributed by atoms with Gasteiger partial charge in [-0.3, -0.25) is 4.79 Å². The van der Waals surface area contributed by atoms with Crippen molar-refractivity contribution in [3.8, 4) is 0 Å². The molecular weight excluding hydrogens is 346 g/mol. The first-order valence-electron chi connectivity index (χ1n) is 7.69. The number of carbonyl (C=O) groups excluding carboxylic acids is 1. The number of Topliss-reactive ketones (excluding diaryl/α,β-unsaturated/α-hetero) is 1. The van der Waals surface area contributed by atoms with Gasteiger partial charge in [-0.15, -0.1) is 0 Å². The first-order valence-corrected chi connectivity index (χ1v) is 10.5. The lowest BCUT2D eigenvalue weighted by Crippen LogP contribution is -2.14. The molecule has 0 N–H and O–H groups in total. The van der Waals surface area contributed by atoms with Crippen LogP contribution in [0.15, 0.2) is 29.7 Å². The fourth-order valence-corrected chi connectivity index (χ4v) is 5.55. The highest BCUT2D eigenvalue weighted by Crippen LogP contribution is 2.29. The highest BCUT2D eigenvalue weighted by atomic mass is 32.2. The first kappa shape index (κ1) is 17.2. The predicted octanol–water partition coefficient (Wildman–Crippen LogP) is 2.23. The van der Waals surface area contributed by atoms with Gasteiger partial charge in [0.25, 0.3) is 0 Å². The van der Waals surface area contributed by atoms with Gasteiger partial charge in [-0.1, -0.05) is 11.8 Å². The quantitative estimate of drug-likeness (QED) is 0.459. The van der Waals surface area contributed by atoms with E-state index in [0.717, 1.165) is 11.4 Å². The van der Waals surface area contributed by atoms with Crippen molar-refractivity contribution >= 4 is 27.4 Å². The summed E-state index contributed by atoms with van der Waals surface area (Å²) in [6, 6.07) is 3.52. The summed E-state index contributed by atoms with van der Waals surface area (Å²) in [6.07, 6.45) is 3.90. The highest BCUT2D eigenvalue weighted by Gasteiger charge is 2.31. The maximum absolute atomic E-state index is 12.5. The molecule has 24 heavy (non-hydrogen) atoms. The maximum atomic E-state index is 12.5. The summed E-state index contributed by atoms with van der Waals surface area (Å²) in [5, 5.41) is 0.571. The maximum Gasteiger partial charge on any atom is 0.187 e. The van der Waals surface area contributed by atoms with Crippen molar-refractivity contribution in [1.29, 1.82) is 0 Å². The van der Waals surface area contributed by atoms with E-state index < -0.39 is 9.84 Å². The third-order valence-electron chi connectivity index (χ3n) is 4.23. The van der Waals surface area contributed by atoms with E-state index in [4.69, 9.17) is 0 Å². The van der Waals surface area contributed by atoms with Crippen LogP contribution in [0.5, 0.6) is 0 Å². The van der Waals surface area contributed by atoms with Crippen LogP contribution < -0.4 is 0 Å². The van der Waals surface area contributed by atoms with E-state index in [1.54, 1.807) is 18.5 Å². The van der Waals surface area contributed by atoms with Gasteiger partial charge in [0.15, 0.2) is 20.8 Å². The Morgan fingerprint density at radius 1 is 1.33 bits per heavy atom. The van der Waals surface area contributed by atoms with Crippen molar-refractivity contribution in [1.82, 2.24) is 14.5 Å². The molecule has 0 spiro atoms. The van der Waals surface area contributed by atoms with Crippen molar-refractivity contribution in [2.24, 2.45) is 0 Å². The topological polar surface area (TPSA) is 81.9 Å². The molecule has 2 aromatic rings. The SMILES string of the molecule is Cc1cc(C(=O)CSc2ncccn2)c(C)n1C1CCS(=O)(=O)C1. The molecule has 0 amide bonds. The van der Waals surface area contributed by atoms with Gasteiger partial charge in [-0.25, -0.2) is 18.4 Å². The van der Waals surface area contributed by atoms with Crippen LogP contribution in [0.2, 0.25) is 0 Å². The second kappa shape index (κ2) is 6.68. The number of thioether (sulfide) groups is 1. The van der Waals surface area contributed by atoms with Gasteiger partial charge in [0.05, 0.1) is 17.3 Å². The highest BCUT2D eigenvalue weighted by molar-refractivity contribution is 7.99. The number of aryl methyl sites for hydroxylation is 1. The van der Waals surface area contributed by atoms with E-state index in [1.807, 2.05) is 24.5 Å². The minimum atomic E-state index is -2.96. The standard InChI is InChI=1S/C16H19N3O3S2/c1-11-8-14(15(20)9-23-16-17-5-3-6-18-16)12(2)19(11)13-4-7-24(21,22)10-13/h3,5-6,8,13H,4,7,9-10H2,1-2H3. The number of hydrogen-bond acceptors (Lipinski definition) is 6. The average Bonchev–Trinajstić information content (AvgIpc) is 3.05. The summed E-state index contributed by atoms with van der Waals surface area (Å²) in [4.78, 5) is 20.7. The lowest BCUT2D eigenvalue weighted by molar-refractivity contribution is 0.102. The van der Waals surface area contributed by atoms with Crippen LogP contribution in [0.4, 0.5) is 0 Å². The van der Waals surface area contributed by atoms with Gasteiger partial charge in [0.1, 0.15) is 0 Å². The van der Waals surface area contributed by atoms with Crippen molar-refractivity contribution < 1.29 is 13.2 Å². The van der Waals surface area contributed by atoms with E-state index in [-0.39, 0.29) is 29.1 Å². The molecule has 1 atom stereocenters. The van der Waals surface area contributed by atoms with Gasteiger partial charge in [0.2, 0.25) is 0 Å². The summed E-state index contributed by atoms with van der Waals surface area (Å²) < 4.78 is 25.5. The Morgan fingerprint density at radius 3 is 2.67 bits per heavy atom. The predicted molar refractivity (Wildman–Crippen MR) is 93.3 cm³/mol. The Hall–Kier alpha value is -1.67. The van der Waals surface area contributed by atoms with Crippen LogP contribution in [-0.4, -0.2) is 46.0 Å². The van der Waals surface area contributed by atoms with Crippen LogP contribution in [-0.2, 0) is 9.84 Å². The molecule has 1 fully saturated rings. The Labute approximate surface area is 145 Å². The van der Waals surface area contributed by atoms with Crippen molar-refractivity contribution in [2.45, 2.75) is 31.5 Å². The number of sulfone groups is 1. The van der Waals surface area contributed by atoms with Crippen LogP contribution in [0.25, 0.3) is 0 Å². The summed E-state index contributed by atoms with van der Waals surface area (Å²) >= 11 is 1.30. The molecule has 0 bridgehead atoms. The van der Waals surface area contributed by atoms with Crippen LogP contribution in [0, 0.1) is 13.8 Å². The Morgan fingerprint density at radius 2 is 2.04 bits per heavy atom. The number of aromatic nitrogens is 3. The summed E-state index contributed by atoms with van der Waals surface area (Å²) in [7, 11) is -2.96. The molecule has 1 unspecified atom stereocenters. The van der Waals surface area contributed by atoms with Gasteiger partial charge in [0, 0.05) is 35.4 Å². The Balaban J connectivity index is 1.77. The summed E-state index contributed by atoms with van der Waals surface area (Å²) in [5.74, 6) is 0.646. The van der Waals surface area contributed by atoms with Gasteiger partial charge < -0.3 is 4.57 Å². The third-order valence-corrected chi connectivity index (χ3v) is 6.86. The van der Waals surface area contributed by atoms with E-state index in [9.17, 15) is 13.2 Å². The molecule has 0 radical (unpaired) electrons. The van der Waals surface area contributed by atoms with Gasteiger partial charge in [-0.05, 0) is 32.4 Å². The molecule has 3 rings (SSSR count). The average molecular weight is 365 g/mol. The van der Waals surface area contributed by atoms with Crippen molar-refractivity contribution in [2.75, 3.05) is 17.3 Å². The molecule has 1 aliphatic heterocycles. The van der Waals surface area contributed by atoms with Crippen LogP contribution in [0.3, 0.4) is 0 Å². The van der Waals surface area contributed by atoms with Gasteiger partial charge >= 0.3 is 0 Å². The molecule has 8 heteroatoms.